The van der Waals surface area contributed by atoms with E-state index in [1.54, 1.807) is 19.4 Å². The number of hydrogen-bond donors (Lipinski definition) is 0. The third kappa shape index (κ3) is 3.47. The fraction of sp³-hybridized carbons (Fsp3) is 0.304. The highest BCUT2D eigenvalue weighted by molar-refractivity contribution is 5.87. The van der Waals surface area contributed by atoms with Gasteiger partial charge in [-0.05, 0) is 30.2 Å². The zero-order chi connectivity index (χ0) is 21.5. The van der Waals surface area contributed by atoms with Crippen molar-refractivity contribution in [2.45, 2.75) is 6.42 Å². The molecule has 1 fully saturated rings. The molecule has 0 bridgehead atoms. The zero-order valence-corrected chi connectivity index (χ0v) is 17.1. The lowest BCUT2D eigenvalue weighted by Gasteiger charge is -2.36. The van der Waals surface area contributed by atoms with Gasteiger partial charge in [-0.15, -0.1) is 0 Å². The fourth-order valence-electron chi connectivity index (χ4n) is 4.24. The first kappa shape index (κ1) is 19.4. The van der Waals surface area contributed by atoms with Gasteiger partial charge in [0.25, 0.3) is 0 Å². The van der Waals surface area contributed by atoms with Crippen molar-refractivity contribution in [3.8, 4) is 6.07 Å². The Labute approximate surface area is 177 Å². The number of benzene rings is 2. The van der Waals surface area contributed by atoms with E-state index < -0.39 is 5.76 Å². The average molecular weight is 420 g/mol. The second-order valence-electron chi connectivity index (χ2n) is 7.86. The molecule has 0 unspecified atom stereocenters. The van der Waals surface area contributed by atoms with E-state index in [1.807, 2.05) is 12.1 Å². The molecule has 1 aliphatic heterocycles. The van der Waals surface area contributed by atoms with Gasteiger partial charge in [-0.3, -0.25) is 9.47 Å². The zero-order valence-electron chi connectivity index (χ0n) is 17.1. The summed E-state index contributed by atoms with van der Waals surface area (Å²) in [7, 11) is 1.58. The molecule has 1 saturated heterocycles. The monoisotopic (exact) mass is 420 g/mol. The van der Waals surface area contributed by atoms with Crippen molar-refractivity contribution in [1.82, 2.24) is 9.47 Å². The highest BCUT2D eigenvalue weighted by atomic mass is 19.1. The van der Waals surface area contributed by atoms with Gasteiger partial charge in [-0.1, -0.05) is 0 Å². The van der Waals surface area contributed by atoms with E-state index in [9.17, 15) is 9.18 Å². The number of furan rings is 1. The lowest BCUT2D eigenvalue weighted by molar-refractivity contribution is 0.261. The smallest absolute Gasteiger partial charge is 0.419 e. The first-order valence-corrected chi connectivity index (χ1v) is 10.2. The molecule has 5 rings (SSSR count). The molecule has 2 aromatic heterocycles. The van der Waals surface area contributed by atoms with E-state index in [0.717, 1.165) is 42.6 Å². The minimum Gasteiger partial charge on any atom is -0.464 e. The summed E-state index contributed by atoms with van der Waals surface area (Å²) in [6.45, 7) is 3.91. The van der Waals surface area contributed by atoms with Gasteiger partial charge in [0.05, 0.1) is 29.1 Å². The molecule has 8 heteroatoms. The number of oxazole rings is 1. The second-order valence-corrected chi connectivity index (χ2v) is 7.86. The molecule has 4 aromatic rings. The van der Waals surface area contributed by atoms with Crippen LogP contribution in [0.5, 0.6) is 0 Å². The van der Waals surface area contributed by atoms with Gasteiger partial charge in [0, 0.05) is 57.3 Å². The minimum atomic E-state index is -0.493. The van der Waals surface area contributed by atoms with Crippen molar-refractivity contribution in [2.75, 3.05) is 37.6 Å². The van der Waals surface area contributed by atoms with Crippen LogP contribution in [0, 0.1) is 17.1 Å². The van der Waals surface area contributed by atoms with Crippen LogP contribution in [-0.4, -0.2) is 42.2 Å². The number of piperazine rings is 1. The van der Waals surface area contributed by atoms with Gasteiger partial charge < -0.3 is 13.7 Å². The molecular weight excluding hydrogens is 399 g/mol. The molecular formula is C23H21FN4O3. The van der Waals surface area contributed by atoms with E-state index in [2.05, 4.69) is 15.9 Å². The molecule has 0 N–H and O–H groups in total. The van der Waals surface area contributed by atoms with Crippen LogP contribution in [0.4, 0.5) is 10.1 Å². The summed E-state index contributed by atoms with van der Waals surface area (Å²) in [6.07, 6.45) is 2.59. The predicted molar refractivity (Wildman–Crippen MR) is 115 cm³/mol. The maximum atomic E-state index is 14.2. The minimum absolute atomic E-state index is 0.384. The van der Waals surface area contributed by atoms with Gasteiger partial charge in [0.1, 0.15) is 11.4 Å². The predicted octanol–water partition coefficient (Wildman–Crippen LogP) is 3.25. The number of aromatic nitrogens is 1. The largest absolute Gasteiger partial charge is 0.464 e. The van der Waals surface area contributed by atoms with Crippen molar-refractivity contribution in [1.29, 1.82) is 5.26 Å². The Morgan fingerprint density at radius 3 is 2.74 bits per heavy atom. The van der Waals surface area contributed by atoms with Crippen molar-refractivity contribution in [2.24, 2.45) is 7.05 Å². The normalized spacial score (nSPS) is 15.1. The number of aryl methyl sites for hydroxylation is 1. The number of nitriles is 1. The lowest BCUT2D eigenvalue weighted by Crippen LogP contribution is -2.47. The molecule has 1 aliphatic rings. The standard InChI is InChI=1S/C23H21FN4O3/c1-26-19-11-17(24)12-20(22(19)31-23(26)29)28-8-6-27(7-9-28)5-4-16-14-30-21-3-2-15(13-25)10-18(16)21/h2-3,10-12,14H,4-9H2,1H3. The summed E-state index contributed by atoms with van der Waals surface area (Å²) in [5.74, 6) is -0.878. The van der Waals surface area contributed by atoms with Gasteiger partial charge in [0.15, 0.2) is 5.58 Å². The van der Waals surface area contributed by atoms with Crippen LogP contribution in [0.2, 0.25) is 0 Å². The van der Waals surface area contributed by atoms with E-state index in [4.69, 9.17) is 14.1 Å². The van der Waals surface area contributed by atoms with Crippen LogP contribution >= 0.6 is 0 Å². The maximum Gasteiger partial charge on any atom is 0.419 e. The van der Waals surface area contributed by atoms with E-state index in [-0.39, 0.29) is 5.82 Å². The Morgan fingerprint density at radius 1 is 1.16 bits per heavy atom. The summed E-state index contributed by atoms with van der Waals surface area (Å²) in [5, 5.41) is 10.1. The SMILES string of the molecule is Cn1c(=O)oc2c(N3CCN(CCc4coc5ccc(C#N)cc45)CC3)cc(F)cc21. The van der Waals surface area contributed by atoms with Crippen molar-refractivity contribution >= 4 is 27.8 Å². The number of halogens is 1. The topological polar surface area (TPSA) is 78.6 Å². The summed E-state index contributed by atoms with van der Waals surface area (Å²) < 4.78 is 26.5. The van der Waals surface area contributed by atoms with Gasteiger partial charge in [0.2, 0.25) is 0 Å². The molecule has 0 saturated carbocycles. The summed E-state index contributed by atoms with van der Waals surface area (Å²) in [4.78, 5) is 16.3. The molecule has 7 nitrogen and oxygen atoms in total. The molecule has 2 aromatic carbocycles. The third-order valence-electron chi connectivity index (χ3n) is 6.03. The van der Waals surface area contributed by atoms with Crippen LogP contribution in [0.3, 0.4) is 0 Å². The number of rotatable bonds is 4. The Kier molecular flexibility index (Phi) is 4.75. The van der Waals surface area contributed by atoms with Crippen LogP contribution in [0.1, 0.15) is 11.1 Å². The number of hydrogen-bond acceptors (Lipinski definition) is 6. The quantitative estimate of drug-likeness (QED) is 0.504. The molecule has 0 aliphatic carbocycles. The fourth-order valence-corrected chi connectivity index (χ4v) is 4.24. The second kappa shape index (κ2) is 7.60. The summed E-state index contributed by atoms with van der Waals surface area (Å²) in [6, 6.07) is 10.4. The van der Waals surface area contributed by atoms with Crippen molar-refractivity contribution in [3.63, 3.8) is 0 Å². The van der Waals surface area contributed by atoms with Crippen LogP contribution in [-0.2, 0) is 13.5 Å². The van der Waals surface area contributed by atoms with E-state index in [1.165, 1.54) is 16.7 Å². The summed E-state index contributed by atoms with van der Waals surface area (Å²) in [5.41, 5.74) is 4.02. The van der Waals surface area contributed by atoms with Crippen LogP contribution in [0.25, 0.3) is 22.1 Å². The number of anilines is 1. The van der Waals surface area contributed by atoms with E-state index in [0.29, 0.717) is 35.4 Å². The first-order chi connectivity index (χ1) is 15.0. The molecule has 31 heavy (non-hydrogen) atoms. The Morgan fingerprint density at radius 2 is 1.97 bits per heavy atom. The van der Waals surface area contributed by atoms with Crippen LogP contribution in [0.15, 0.2) is 50.2 Å². The molecule has 0 atom stereocenters. The highest BCUT2D eigenvalue weighted by Gasteiger charge is 2.22. The Hall–Kier alpha value is -3.57. The molecule has 0 radical (unpaired) electrons. The molecule has 0 amide bonds. The average Bonchev–Trinajstić information content (AvgIpc) is 3.32. The van der Waals surface area contributed by atoms with Gasteiger partial charge >= 0.3 is 5.76 Å². The van der Waals surface area contributed by atoms with Crippen molar-refractivity contribution < 1.29 is 13.2 Å². The molecule has 3 heterocycles. The lowest BCUT2D eigenvalue weighted by atomic mass is 10.1. The first-order valence-electron chi connectivity index (χ1n) is 10.2. The van der Waals surface area contributed by atoms with Crippen LogP contribution < -0.4 is 10.7 Å². The van der Waals surface area contributed by atoms with Gasteiger partial charge in [-0.2, -0.15) is 5.26 Å². The highest BCUT2D eigenvalue weighted by Crippen LogP contribution is 2.29. The number of fused-ring (bicyclic) bond motifs is 2. The van der Waals surface area contributed by atoms with E-state index >= 15 is 0 Å². The number of nitrogens with zero attached hydrogens (tertiary/aromatic N) is 4. The maximum absolute atomic E-state index is 14.2. The summed E-state index contributed by atoms with van der Waals surface area (Å²) >= 11 is 0. The Balaban J connectivity index is 1.28. The molecule has 158 valence electrons. The Bertz CT molecular complexity index is 1370. The van der Waals surface area contributed by atoms with Crippen molar-refractivity contribution in [3.05, 3.63) is 64.1 Å². The van der Waals surface area contributed by atoms with Gasteiger partial charge in [-0.25, -0.2) is 9.18 Å². The third-order valence-corrected chi connectivity index (χ3v) is 6.03. The molecule has 0 spiro atoms.